The van der Waals surface area contributed by atoms with Crippen molar-refractivity contribution in [2.24, 2.45) is 10.8 Å². The van der Waals surface area contributed by atoms with Gasteiger partial charge in [-0.1, -0.05) is 101 Å². The Labute approximate surface area is 186 Å². The Hall–Kier alpha value is -2.12. The summed E-state index contributed by atoms with van der Waals surface area (Å²) in [5.41, 5.74) is 11.7. The zero-order valence-electron chi connectivity index (χ0n) is 19.5. The van der Waals surface area contributed by atoms with E-state index >= 15 is 0 Å². The Balaban J connectivity index is 1.90. The fourth-order valence-corrected chi connectivity index (χ4v) is 5.12. The molecule has 2 aromatic carbocycles. The number of fused-ring (bicyclic) bond motifs is 1. The van der Waals surface area contributed by atoms with E-state index in [2.05, 4.69) is 113 Å². The van der Waals surface area contributed by atoms with E-state index in [-0.39, 0.29) is 10.8 Å². The van der Waals surface area contributed by atoms with Gasteiger partial charge in [0.1, 0.15) is 0 Å². The van der Waals surface area contributed by atoms with Crippen LogP contribution in [0.25, 0.3) is 11.1 Å². The highest BCUT2D eigenvalue weighted by Crippen LogP contribution is 2.49. The number of hydrogen-bond donors (Lipinski definition) is 0. The van der Waals surface area contributed by atoms with Gasteiger partial charge in [-0.25, -0.2) is 0 Å². The van der Waals surface area contributed by atoms with E-state index in [1.807, 2.05) is 0 Å². The van der Waals surface area contributed by atoms with Crippen LogP contribution in [0.15, 0.2) is 60.2 Å². The van der Waals surface area contributed by atoms with Crippen LogP contribution in [0, 0.1) is 17.8 Å². The first-order valence-corrected chi connectivity index (χ1v) is 11.6. The number of rotatable bonds is 2. The molecule has 2 aliphatic rings. The van der Waals surface area contributed by atoms with Crippen LogP contribution >= 0.6 is 0 Å². The highest BCUT2D eigenvalue weighted by atomic mass is 28.1. The lowest BCUT2D eigenvalue weighted by molar-refractivity contribution is 0.518. The van der Waals surface area contributed by atoms with Crippen LogP contribution in [0.3, 0.4) is 0 Å². The van der Waals surface area contributed by atoms with Crippen LogP contribution < -0.4 is 5.19 Å². The van der Waals surface area contributed by atoms with E-state index in [1.165, 1.54) is 49.7 Å². The molecule has 0 N–H and O–H groups in total. The predicted octanol–water partition coefficient (Wildman–Crippen LogP) is 7.12. The predicted molar refractivity (Wildman–Crippen MR) is 132 cm³/mol. The molecule has 0 saturated carbocycles. The van der Waals surface area contributed by atoms with E-state index in [9.17, 15) is 0 Å². The maximum atomic E-state index is 3.86. The Bertz CT molecular complexity index is 1090. The summed E-state index contributed by atoms with van der Waals surface area (Å²) in [7, 11) is 3.86. The molecule has 2 aliphatic carbocycles. The average molecular weight is 410 g/mol. The van der Waals surface area contributed by atoms with Crippen molar-refractivity contribution in [2.45, 2.75) is 60.8 Å². The van der Waals surface area contributed by atoms with Crippen LogP contribution in [0.2, 0.25) is 0 Å². The summed E-state index contributed by atoms with van der Waals surface area (Å²) in [5.74, 6) is 0.302. The quantitative estimate of drug-likeness (QED) is 0.463. The zero-order valence-corrected chi connectivity index (χ0v) is 20.5. The van der Waals surface area contributed by atoms with E-state index < -0.39 is 0 Å². The second-order valence-electron chi connectivity index (χ2n) is 10.9. The third-order valence-electron chi connectivity index (χ3n) is 6.62. The first-order valence-electron chi connectivity index (χ1n) is 11.1. The smallest absolute Gasteiger partial charge is 0.0715 e. The topological polar surface area (TPSA) is 0 Å². The molecule has 1 heteroatoms. The van der Waals surface area contributed by atoms with Gasteiger partial charge < -0.3 is 0 Å². The number of allylic oxidation sites excluding steroid dienone is 6. The van der Waals surface area contributed by atoms with Crippen molar-refractivity contribution in [1.29, 1.82) is 0 Å². The molecule has 4 rings (SSSR count). The second kappa shape index (κ2) is 7.23. The van der Waals surface area contributed by atoms with Crippen molar-refractivity contribution >= 4 is 26.6 Å². The molecule has 2 aromatic rings. The van der Waals surface area contributed by atoms with Gasteiger partial charge in [0.05, 0.1) is 10.2 Å². The van der Waals surface area contributed by atoms with Gasteiger partial charge in [-0.05, 0) is 68.7 Å². The van der Waals surface area contributed by atoms with Crippen molar-refractivity contribution in [1.82, 2.24) is 0 Å². The minimum Gasteiger partial charge on any atom is -0.0763 e. The summed E-state index contributed by atoms with van der Waals surface area (Å²) < 4.78 is 0. The Morgan fingerprint density at radius 1 is 0.867 bits per heavy atom. The number of hydrogen-bond acceptors (Lipinski definition) is 0. The third kappa shape index (κ3) is 3.58. The lowest BCUT2D eigenvalue weighted by Crippen LogP contribution is -2.13. The molecule has 0 fully saturated rings. The summed E-state index contributed by atoms with van der Waals surface area (Å²) >= 11 is 0. The summed E-state index contributed by atoms with van der Waals surface area (Å²) in [6, 6.07) is 13.5. The van der Waals surface area contributed by atoms with Crippen LogP contribution in [-0.2, 0) is 0 Å². The molecular weight excluding hydrogens is 376 g/mol. The first-order chi connectivity index (χ1) is 14.0. The van der Waals surface area contributed by atoms with Crippen LogP contribution in [0.4, 0.5) is 0 Å². The third-order valence-corrected chi connectivity index (χ3v) is 7.16. The van der Waals surface area contributed by atoms with E-state index in [1.54, 1.807) is 0 Å². The molecule has 30 heavy (non-hydrogen) atoms. The lowest BCUT2D eigenvalue weighted by atomic mass is 9.83. The van der Waals surface area contributed by atoms with Crippen molar-refractivity contribution in [3.05, 3.63) is 88.0 Å². The van der Waals surface area contributed by atoms with Gasteiger partial charge in [0.15, 0.2) is 0 Å². The van der Waals surface area contributed by atoms with Crippen molar-refractivity contribution in [3.8, 4) is 0 Å². The van der Waals surface area contributed by atoms with Crippen LogP contribution in [0.5, 0.6) is 0 Å². The lowest BCUT2D eigenvalue weighted by Gasteiger charge is -2.21. The van der Waals surface area contributed by atoms with Crippen molar-refractivity contribution < 1.29 is 0 Å². The fourth-order valence-electron chi connectivity index (χ4n) is 4.91. The normalized spacial score (nSPS) is 18.8. The molecule has 153 valence electrons. The molecule has 1 unspecified atom stereocenters. The summed E-state index contributed by atoms with van der Waals surface area (Å²) in [4.78, 5) is 0. The molecular formula is C29H33Si. The molecule has 0 nitrogen and oxygen atoms in total. The average Bonchev–Trinajstić information content (AvgIpc) is 3.28. The molecule has 0 heterocycles. The molecule has 3 radical (unpaired) electrons. The minimum absolute atomic E-state index is 0.128. The van der Waals surface area contributed by atoms with E-state index in [0.717, 1.165) is 6.42 Å². The van der Waals surface area contributed by atoms with E-state index in [4.69, 9.17) is 0 Å². The Morgan fingerprint density at radius 3 is 2.20 bits per heavy atom. The van der Waals surface area contributed by atoms with Gasteiger partial charge in [-0.15, -0.1) is 0 Å². The maximum absolute atomic E-state index is 3.86. The summed E-state index contributed by atoms with van der Waals surface area (Å²) in [6.07, 6.45) is 8.38. The van der Waals surface area contributed by atoms with Gasteiger partial charge in [0.25, 0.3) is 0 Å². The Morgan fingerprint density at radius 2 is 1.57 bits per heavy atom. The second-order valence-corrected chi connectivity index (χ2v) is 11.4. The molecule has 0 aliphatic heterocycles. The van der Waals surface area contributed by atoms with Crippen LogP contribution in [-0.4, -0.2) is 10.2 Å². The minimum atomic E-state index is 0.128. The largest absolute Gasteiger partial charge is 0.0763 e. The Kier molecular flexibility index (Phi) is 5.09. The monoisotopic (exact) mass is 409 g/mol. The van der Waals surface area contributed by atoms with Gasteiger partial charge in [-0.3, -0.25) is 0 Å². The van der Waals surface area contributed by atoms with Crippen molar-refractivity contribution in [2.75, 3.05) is 0 Å². The van der Waals surface area contributed by atoms with Gasteiger partial charge in [-0.2, -0.15) is 0 Å². The first kappa shape index (κ1) is 21.1. The fraction of sp³-hybridized carbons (Fsp3) is 0.379. The molecule has 0 aromatic heterocycles. The molecule has 0 amide bonds. The summed E-state index contributed by atoms with van der Waals surface area (Å²) in [5, 5.41) is 1.19. The van der Waals surface area contributed by atoms with Gasteiger partial charge >= 0.3 is 0 Å². The summed E-state index contributed by atoms with van der Waals surface area (Å²) in [6.45, 7) is 16.1. The van der Waals surface area contributed by atoms with Crippen molar-refractivity contribution in [3.63, 3.8) is 0 Å². The zero-order chi connectivity index (χ0) is 21.8. The molecule has 0 bridgehead atoms. The molecule has 1 atom stereocenters. The maximum Gasteiger partial charge on any atom is 0.0715 e. The molecule has 0 saturated heterocycles. The molecule has 0 spiro atoms. The number of benzene rings is 2. The van der Waals surface area contributed by atoms with Gasteiger partial charge in [0.2, 0.25) is 0 Å². The highest BCUT2D eigenvalue weighted by molar-refractivity contribution is 6.33. The standard InChI is InChI=1S/C29H33Si/c1-18-26(30)15-14-23(27(18)19-12-13-20(16-19)28(2,3)4)24-17-25(29(5,6)7)22-11-9-8-10-21(22)24/h8-11,13-17,24H,12H2,1-7H3. The van der Waals surface area contributed by atoms with E-state index in [0.29, 0.717) is 5.92 Å². The van der Waals surface area contributed by atoms with Crippen LogP contribution in [0.1, 0.15) is 81.7 Å². The SMILES string of the molecule is Cc1c([Si])ccc(C2C=C(C(C)(C)C)c3ccccc32)c1C1=CC(C(C)(C)C)=CC1. The highest BCUT2D eigenvalue weighted by Gasteiger charge is 2.32. The van der Waals surface area contributed by atoms with Gasteiger partial charge in [0, 0.05) is 5.92 Å².